The lowest BCUT2D eigenvalue weighted by atomic mass is 10.1. The predicted molar refractivity (Wildman–Crippen MR) is 120 cm³/mol. The zero-order chi connectivity index (χ0) is 21.7. The largest absolute Gasteiger partial charge is 0.493 e. The van der Waals surface area contributed by atoms with Gasteiger partial charge in [0.05, 0.1) is 12.3 Å². The van der Waals surface area contributed by atoms with E-state index in [0.717, 1.165) is 22.4 Å². The first-order chi connectivity index (χ1) is 14.4. The summed E-state index contributed by atoms with van der Waals surface area (Å²) >= 11 is 3.20. The van der Waals surface area contributed by atoms with Crippen LogP contribution in [0.3, 0.4) is 0 Å². The Morgan fingerprint density at radius 1 is 1.00 bits per heavy atom. The van der Waals surface area contributed by atoms with Crippen molar-refractivity contribution in [1.82, 2.24) is 0 Å². The van der Waals surface area contributed by atoms with Gasteiger partial charge in [-0.2, -0.15) is 0 Å². The van der Waals surface area contributed by atoms with Gasteiger partial charge in [0.1, 0.15) is 23.9 Å². The molecule has 0 saturated heterocycles. The van der Waals surface area contributed by atoms with Crippen LogP contribution in [0, 0.1) is 19.7 Å². The van der Waals surface area contributed by atoms with Gasteiger partial charge >= 0.3 is 0 Å². The third-order valence-corrected chi connectivity index (χ3v) is 4.88. The molecule has 0 radical (unpaired) electrons. The monoisotopic (exact) mass is 471 g/mol. The van der Waals surface area contributed by atoms with Crippen molar-refractivity contribution in [2.45, 2.75) is 27.4 Å². The summed E-state index contributed by atoms with van der Waals surface area (Å²) < 4.78 is 26.3. The van der Waals surface area contributed by atoms with Gasteiger partial charge in [-0.3, -0.25) is 4.79 Å². The van der Waals surface area contributed by atoms with Crippen molar-refractivity contribution in [3.8, 4) is 11.5 Å². The number of aryl methyl sites for hydroxylation is 2. The van der Waals surface area contributed by atoms with Crippen molar-refractivity contribution >= 4 is 27.5 Å². The molecule has 6 heteroatoms. The number of ether oxygens (including phenoxy) is 2. The van der Waals surface area contributed by atoms with Gasteiger partial charge in [-0.1, -0.05) is 22.0 Å². The van der Waals surface area contributed by atoms with Crippen LogP contribution < -0.4 is 14.8 Å². The number of hydrogen-bond donors (Lipinski definition) is 1. The van der Waals surface area contributed by atoms with Crippen molar-refractivity contribution in [2.24, 2.45) is 0 Å². The molecular formula is C24H23BrFNO3. The Morgan fingerprint density at radius 3 is 2.40 bits per heavy atom. The van der Waals surface area contributed by atoms with E-state index >= 15 is 0 Å². The standard InChI is InChI=1S/C24H23BrFNO3/c1-4-29-23-8-5-17(24(28)27-22-7-6-19(25)13-21(22)26)12-18(23)14-30-20-10-15(2)9-16(3)11-20/h5-13H,4,14H2,1-3H3,(H,27,28). The molecule has 0 atom stereocenters. The summed E-state index contributed by atoms with van der Waals surface area (Å²) in [7, 11) is 0. The molecule has 1 N–H and O–H groups in total. The minimum atomic E-state index is -0.512. The number of rotatable bonds is 7. The summed E-state index contributed by atoms with van der Waals surface area (Å²) in [6, 6.07) is 15.6. The van der Waals surface area contributed by atoms with Crippen molar-refractivity contribution in [1.29, 1.82) is 0 Å². The van der Waals surface area contributed by atoms with Gasteiger partial charge in [-0.25, -0.2) is 4.39 Å². The smallest absolute Gasteiger partial charge is 0.255 e. The molecule has 156 valence electrons. The van der Waals surface area contributed by atoms with Gasteiger partial charge in [-0.05, 0) is 80.4 Å². The van der Waals surface area contributed by atoms with E-state index in [1.54, 1.807) is 24.3 Å². The molecule has 3 aromatic carbocycles. The molecular weight excluding hydrogens is 449 g/mol. The average Bonchev–Trinajstić information content (AvgIpc) is 2.68. The number of benzene rings is 3. The first kappa shape index (κ1) is 21.8. The molecule has 0 heterocycles. The van der Waals surface area contributed by atoms with E-state index < -0.39 is 11.7 Å². The first-order valence-electron chi connectivity index (χ1n) is 9.59. The molecule has 0 aliphatic heterocycles. The van der Waals surface area contributed by atoms with Crippen LogP contribution in [0.4, 0.5) is 10.1 Å². The molecule has 0 aliphatic rings. The Balaban J connectivity index is 1.81. The number of hydrogen-bond acceptors (Lipinski definition) is 3. The molecule has 3 rings (SSSR count). The number of anilines is 1. The predicted octanol–water partition coefficient (Wildman–Crippen LogP) is 6.44. The summed E-state index contributed by atoms with van der Waals surface area (Å²) in [6.45, 7) is 6.65. The van der Waals surface area contributed by atoms with Crippen LogP contribution in [0.15, 0.2) is 59.1 Å². The Morgan fingerprint density at radius 2 is 1.73 bits per heavy atom. The Kier molecular flexibility index (Phi) is 7.11. The fourth-order valence-electron chi connectivity index (χ4n) is 3.09. The van der Waals surface area contributed by atoms with Gasteiger partial charge in [0.15, 0.2) is 0 Å². The summed E-state index contributed by atoms with van der Waals surface area (Å²) in [4.78, 5) is 12.7. The van der Waals surface area contributed by atoms with E-state index in [9.17, 15) is 9.18 Å². The Bertz CT molecular complexity index is 1050. The van der Waals surface area contributed by atoms with Crippen LogP contribution in [-0.2, 0) is 6.61 Å². The van der Waals surface area contributed by atoms with E-state index in [1.807, 2.05) is 32.9 Å². The van der Waals surface area contributed by atoms with Crippen LogP contribution in [0.25, 0.3) is 0 Å². The van der Waals surface area contributed by atoms with Gasteiger partial charge in [0.25, 0.3) is 5.91 Å². The maximum atomic E-state index is 14.1. The van der Waals surface area contributed by atoms with Crippen molar-refractivity contribution in [2.75, 3.05) is 11.9 Å². The van der Waals surface area contributed by atoms with Crippen molar-refractivity contribution in [3.05, 3.63) is 87.1 Å². The number of halogens is 2. The first-order valence-corrected chi connectivity index (χ1v) is 10.4. The van der Waals surface area contributed by atoms with Gasteiger partial charge in [-0.15, -0.1) is 0 Å². The summed E-state index contributed by atoms with van der Waals surface area (Å²) in [5.74, 6) is 0.476. The second kappa shape index (κ2) is 9.76. The Labute approximate surface area is 184 Å². The van der Waals surface area contributed by atoms with Gasteiger partial charge in [0.2, 0.25) is 0 Å². The average molecular weight is 472 g/mol. The summed E-state index contributed by atoms with van der Waals surface area (Å²) in [5.41, 5.74) is 3.46. The Hall–Kier alpha value is -2.86. The molecule has 1 amide bonds. The van der Waals surface area contributed by atoms with Gasteiger partial charge in [0, 0.05) is 15.6 Å². The highest BCUT2D eigenvalue weighted by atomic mass is 79.9. The molecule has 3 aromatic rings. The third-order valence-electron chi connectivity index (χ3n) is 4.39. The van der Waals surface area contributed by atoms with Crippen molar-refractivity contribution < 1.29 is 18.7 Å². The highest BCUT2D eigenvalue weighted by molar-refractivity contribution is 9.10. The SMILES string of the molecule is CCOc1ccc(C(=O)Nc2ccc(Br)cc2F)cc1COc1cc(C)cc(C)c1. The van der Waals surface area contributed by atoms with E-state index in [4.69, 9.17) is 9.47 Å². The van der Waals surface area contributed by atoms with Crippen molar-refractivity contribution in [3.63, 3.8) is 0 Å². The van der Waals surface area contributed by atoms with E-state index in [0.29, 0.717) is 22.4 Å². The number of amides is 1. The minimum absolute atomic E-state index is 0.116. The molecule has 4 nitrogen and oxygen atoms in total. The van der Waals surface area contributed by atoms with Crippen LogP contribution in [0.2, 0.25) is 0 Å². The molecule has 0 unspecified atom stereocenters. The second-order valence-corrected chi connectivity index (χ2v) is 7.86. The molecule has 30 heavy (non-hydrogen) atoms. The molecule has 0 aromatic heterocycles. The third kappa shape index (κ3) is 5.60. The van der Waals surface area contributed by atoms with Crippen LogP contribution in [0.5, 0.6) is 11.5 Å². The highest BCUT2D eigenvalue weighted by Gasteiger charge is 2.14. The molecule has 0 saturated carbocycles. The topological polar surface area (TPSA) is 47.6 Å². The van der Waals surface area contributed by atoms with Crippen LogP contribution in [-0.4, -0.2) is 12.5 Å². The van der Waals surface area contributed by atoms with E-state index in [-0.39, 0.29) is 12.3 Å². The zero-order valence-electron chi connectivity index (χ0n) is 17.1. The summed E-state index contributed by atoms with van der Waals surface area (Å²) in [5, 5.41) is 2.60. The zero-order valence-corrected chi connectivity index (χ0v) is 18.7. The lowest BCUT2D eigenvalue weighted by Crippen LogP contribution is -2.14. The van der Waals surface area contributed by atoms with E-state index in [1.165, 1.54) is 12.1 Å². The number of carbonyl (C=O) groups is 1. The molecule has 0 aliphatic carbocycles. The normalized spacial score (nSPS) is 10.6. The number of carbonyl (C=O) groups excluding carboxylic acids is 1. The maximum Gasteiger partial charge on any atom is 0.255 e. The molecule has 0 spiro atoms. The lowest BCUT2D eigenvalue weighted by molar-refractivity contribution is 0.102. The molecule has 0 fully saturated rings. The quantitative estimate of drug-likeness (QED) is 0.431. The van der Waals surface area contributed by atoms with E-state index in [2.05, 4.69) is 27.3 Å². The fraction of sp³-hybridized carbons (Fsp3) is 0.208. The lowest BCUT2D eigenvalue weighted by Gasteiger charge is -2.14. The van der Waals surface area contributed by atoms with Crippen LogP contribution >= 0.6 is 15.9 Å². The number of nitrogens with one attached hydrogen (secondary N) is 1. The van der Waals surface area contributed by atoms with Crippen LogP contribution in [0.1, 0.15) is 34.0 Å². The fourth-order valence-corrected chi connectivity index (χ4v) is 3.43. The highest BCUT2D eigenvalue weighted by Crippen LogP contribution is 2.25. The summed E-state index contributed by atoms with van der Waals surface area (Å²) in [6.07, 6.45) is 0. The minimum Gasteiger partial charge on any atom is -0.493 e. The second-order valence-electron chi connectivity index (χ2n) is 6.95. The maximum absolute atomic E-state index is 14.1. The molecule has 0 bridgehead atoms. The van der Waals surface area contributed by atoms with Gasteiger partial charge < -0.3 is 14.8 Å².